The molecule has 0 saturated carbocycles. The topological polar surface area (TPSA) is 52.3 Å². The smallest absolute Gasteiger partial charge is 0.394 e. The molecule has 60 valence electrons. The monoisotopic (exact) mass is 219 g/mol. The lowest BCUT2D eigenvalue weighted by atomic mass is 10.7. The van der Waals surface area contributed by atoms with Crippen LogP contribution in [0.3, 0.4) is 0 Å². The molecule has 1 aromatic heterocycles. The van der Waals surface area contributed by atoms with Gasteiger partial charge in [-0.1, -0.05) is 0 Å². The predicted octanol–water partition coefficient (Wildman–Crippen LogP) is 1.61. The first-order valence-corrected chi connectivity index (χ1v) is 3.81. The number of aromatic nitrogens is 1. The highest BCUT2D eigenvalue weighted by molar-refractivity contribution is 9.10. The predicted molar refractivity (Wildman–Crippen MR) is 40.2 cm³/mol. The maximum atomic E-state index is 10.9. The number of rotatable bonds is 2. The van der Waals surface area contributed by atoms with Gasteiger partial charge in [0.05, 0.1) is 12.8 Å². The molecule has 0 saturated heterocycles. The van der Waals surface area contributed by atoms with Gasteiger partial charge in [-0.05, 0) is 22.9 Å². The van der Waals surface area contributed by atoms with E-state index < -0.39 is 5.97 Å². The van der Waals surface area contributed by atoms with Crippen molar-refractivity contribution in [2.45, 2.75) is 6.92 Å². The molecule has 0 radical (unpaired) electrons. The van der Waals surface area contributed by atoms with Gasteiger partial charge in [-0.3, -0.25) is 0 Å². The maximum Gasteiger partial charge on any atom is 0.394 e. The second kappa shape index (κ2) is 3.52. The van der Waals surface area contributed by atoms with E-state index in [-0.39, 0.29) is 5.89 Å². The maximum absolute atomic E-state index is 10.9. The number of nitrogens with zero attached hydrogens (tertiary/aromatic N) is 1. The van der Waals surface area contributed by atoms with Gasteiger partial charge < -0.3 is 9.15 Å². The van der Waals surface area contributed by atoms with E-state index in [2.05, 4.69) is 25.7 Å². The molecular formula is C6H6BrNO3. The fourth-order valence-corrected chi connectivity index (χ4v) is 0.797. The van der Waals surface area contributed by atoms with Crippen molar-refractivity contribution in [1.82, 2.24) is 4.98 Å². The number of oxazole rings is 1. The number of halogens is 1. The van der Waals surface area contributed by atoms with E-state index in [0.29, 0.717) is 11.3 Å². The quantitative estimate of drug-likeness (QED) is 0.710. The molecule has 11 heavy (non-hydrogen) atoms. The lowest BCUT2D eigenvalue weighted by molar-refractivity contribution is 0.0479. The summed E-state index contributed by atoms with van der Waals surface area (Å²) < 4.78 is 9.87. The Morgan fingerprint density at radius 3 is 3.09 bits per heavy atom. The Morgan fingerprint density at radius 1 is 1.91 bits per heavy atom. The first-order chi connectivity index (χ1) is 5.24. The Labute approximate surface area is 71.7 Å². The number of esters is 1. The van der Waals surface area contributed by atoms with Gasteiger partial charge >= 0.3 is 11.9 Å². The van der Waals surface area contributed by atoms with Crippen molar-refractivity contribution in [3.63, 3.8) is 0 Å². The van der Waals surface area contributed by atoms with Crippen molar-refractivity contribution in [2.75, 3.05) is 6.61 Å². The van der Waals surface area contributed by atoms with Gasteiger partial charge in [0.1, 0.15) is 0 Å². The van der Waals surface area contributed by atoms with Crippen LogP contribution >= 0.6 is 15.9 Å². The van der Waals surface area contributed by atoms with E-state index in [9.17, 15) is 4.79 Å². The van der Waals surface area contributed by atoms with Gasteiger partial charge in [-0.2, -0.15) is 0 Å². The Bertz CT molecular complexity index is 258. The normalized spacial score (nSPS) is 9.64. The zero-order valence-electron chi connectivity index (χ0n) is 5.83. The van der Waals surface area contributed by atoms with Crippen LogP contribution in [0.1, 0.15) is 17.6 Å². The molecule has 0 atom stereocenters. The highest BCUT2D eigenvalue weighted by Gasteiger charge is 2.12. The zero-order valence-corrected chi connectivity index (χ0v) is 7.42. The molecule has 0 unspecified atom stereocenters. The molecule has 1 heterocycles. The van der Waals surface area contributed by atoms with Crippen molar-refractivity contribution < 1.29 is 13.9 Å². The molecule has 0 aromatic carbocycles. The third-order valence-electron chi connectivity index (χ3n) is 0.928. The van der Waals surface area contributed by atoms with E-state index in [4.69, 9.17) is 4.42 Å². The van der Waals surface area contributed by atoms with E-state index in [0.717, 1.165) is 0 Å². The van der Waals surface area contributed by atoms with Gasteiger partial charge in [0.15, 0.2) is 4.67 Å². The second-order valence-electron chi connectivity index (χ2n) is 1.69. The van der Waals surface area contributed by atoms with Crippen LogP contribution in [0.5, 0.6) is 0 Å². The summed E-state index contributed by atoms with van der Waals surface area (Å²) in [5.74, 6) is -0.572. The first kappa shape index (κ1) is 8.26. The summed E-state index contributed by atoms with van der Waals surface area (Å²) in [6.07, 6.45) is 1.40. The van der Waals surface area contributed by atoms with Crippen molar-refractivity contribution >= 4 is 21.9 Å². The van der Waals surface area contributed by atoms with E-state index in [1.165, 1.54) is 6.20 Å². The summed E-state index contributed by atoms with van der Waals surface area (Å²) in [7, 11) is 0. The highest BCUT2D eigenvalue weighted by atomic mass is 79.9. The molecule has 0 aliphatic heterocycles. The van der Waals surface area contributed by atoms with Crippen LogP contribution in [-0.4, -0.2) is 17.6 Å². The third kappa shape index (κ3) is 2.04. The Hall–Kier alpha value is -0.840. The second-order valence-corrected chi connectivity index (χ2v) is 2.47. The van der Waals surface area contributed by atoms with E-state index in [1.807, 2.05) is 0 Å². The van der Waals surface area contributed by atoms with Gasteiger partial charge in [0, 0.05) is 0 Å². The fraction of sp³-hybridized carbons (Fsp3) is 0.333. The number of hydrogen-bond acceptors (Lipinski definition) is 4. The third-order valence-corrected chi connectivity index (χ3v) is 1.29. The minimum atomic E-state index is -0.543. The molecule has 0 fully saturated rings. The molecule has 5 heteroatoms. The summed E-state index contributed by atoms with van der Waals surface area (Å²) in [5, 5.41) is 0. The zero-order chi connectivity index (χ0) is 8.27. The Kier molecular flexibility index (Phi) is 2.64. The van der Waals surface area contributed by atoms with Gasteiger partial charge in [-0.15, -0.1) is 0 Å². The molecule has 0 aliphatic carbocycles. The Morgan fingerprint density at radius 2 is 2.64 bits per heavy atom. The summed E-state index contributed by atoms with van der Waals surface area (Å²) in [6, 6.07) is 0. The number of ether oxygens (including phenoxy) is 1. The molecular weight excluding hydrogens is 214 g/mol. The summed E-state index contributed by atoms with van der Waals surface area (Å²) >= 11 is 3.01. The number of hydrogen-bond donors (Lipinski definition) is 0. The van der Waals surface area contributed by atoms with Crippen LogP contribution in [0.2, 0.25) is 0 Å². The summed E-state index contributed by atoms with van der Waals surface area (Å²) in [4.78, 5) is 14.5. The van der Waals surface area contributed by atoms with Gasteiger partial charge in [-0.25, -0.2) is 9.78 Å². The van der Waals surface area contributed by atoms with Crippen LogP contribution in [0.4, 0.5) is 0 Å². The SMILES string of the molecule is CCOC(=O)c1ncc(Br)o1. The molecule has 1 aromatic rings. The highest BCUT2D eigenvalue weighted by Crippen LogP contribution is 2.10. The van der Waals surface area contributed by atoms with Gasteiger partial charge in [0.2, 0.25) is 0 Å². The molecule has 0 aliphatic rings. The molecule has 0 spiro atoms. The Balaban J connectivity index is 2.69. The lowest BCUT2D eigenvalue weighted by Crippen LogP contribution is -2.04. The average Bonchev–Trinajstić information content (AvgIpc) is 2.36. The summed E-state index contributed by atoms with van der Waals surface area (Å²) in [5.41, 5.74) is 0. The number of carbonyl (C=O) groups is 1. The minimum absolute atomic E-state index is 0.0290. The van der Waals surface area contributed by atoms with Crippen LogP contribution < -0.4 is 0 Å². The van der Waals surface area contributed by atoms with Crippen molar-refractivity contribution in [3.05, 3.63) is 16.8 Å². The average molecular weight is 220 g/mol. The fourth-order valence-electron chi connectivity index (χ4n) is 0.542. The van der Waals surface area contributed by atoms with Crippen LogP contribution in [0, 0.1) is 0 Å². The molecule has 1 rings (SSSR count). The molecule has 0 amide bonds. The summed E-state index contributed by atoms with van der Waals surface area (Å²) in [6.45, 7) is 2.04. The standard InChI is InChI=1S/C6H6BrNO3/c1-2-10-6(9)5-8-3-4(7)11-5/h3H,2H2,1H3. The number of carbonyl (C=O) groups excluding carboxylic acids is 1. The van der Waals surface area contributed by atoms with Crippen LogP contribution in [0.25, 0.3) is 0 Å². The first-order valence-electron chi connectivity index (χ1n) is 3.02. The minimum Gasteiger partial charge on any atom is -0.459 e. The lowest BCUT2D eigenvalue weighted by Gasteiger charge is -1.94. The van der Waals surface area contributed by atoms with Crippen molar-refractivity contribution in [1.29, 1.82) is 0 Å². The van der Waals surface area contributed by atoms with E-state index >= 15 is 0 Å². The van der Waals surface area contributed by atoms with Crippen molar-refractivity contribution in [2.24, 2.45) is 0 Å². The van der Waals surface area contributed by atoms with E-state index in [1.54, 1.807) is 6.92 Å². The van der Waals surface area contributed by atoms with Crippen LogP contribution in [0.15, 0.2) is 15.3 Å². The molecule has 0 N–H and O–H groups in total. The van der Waals surface area contributed by atoms with Gasteiger partial charge in [0.25, 0.3) is 0 Å². The molecule has 4 nitrogen and oxygen atoms in total. The largest absolute Gasteiger partial charge is 0.459 e. The van der Waals surface area contributed by atoms with Crippen molar-refractivity contribution in [3.8, 4) is 0 Å². The molecule has 0 bridgehead atoms. The van der Waals surface area contributed by atoms with Crippen LogP contribution in [-0.2, 0) is 4.74 Å².